The fourth-order valence-corrected chi connectivity index (χ4v) is 2.54. The van der Waals surface area contributed by atoms with Crippen molar-refractivity contribution >= 4 is 12.1 Å². The van der Waals surface area contributed by atoms with Gasteiger partial charge in [-0.3, -0.25) is 4.90 Å². The molecule has 2 rings (SSSR count). The molecule has 2 aromatic carbocycles. The molecule has 0 aliphatic heterocycles. The molecule has 2 aromatic rings. The van der Waals surface area contributed by atoms with Gasteiger partial charge in [0.1, 0.15) is 17.4 Å². The van der Waals surface area contributed by atoms with E-state index in [4.69, 9.17) is 4.74 Å². The van der Waals surface area contributed by atoms with Crippen LogP contribution < -0.4 is 4.74 Å². The highest BCUT2D eigenvalue weighted by atomic mass is 19.2. The van der Waals surface area contributed by atoms with Crippen molar-refractivity contribution in [1.82, 2.24) is 4.90 Å². The van der Waals surface area contributed by atoms with E-state index in [1.807, 2.05) is 0 Å². The molecular weight excluding hydrogens is 441 g/mol. The maximum absolute atomic E-state index is 13.9. The van der Waals surface area contributed by atoms with Crippen LogP contribution in [0, 0.1) is 29.1 Å². The summed E-state index contributed by atoms with van der Waals surface area (Å²) < 4.78 is 77.7. The molecule has 0 aliphatic rings. The summed E-state index contributed by atoms with van der Waals surface area (Å²) in [6.07, 6.45) is -1.29. The molecule has 0 radical (unpaired) electrons. The number of amides is 1. The summed E-state index contributed by atoms with van der Waals surface area (Å²) in [7, 11) is 1.14. The van der Waals surface area contributed by atoms with Gasteiger partial charge in [0.05, 0.1) is 0 Å². The Morgan fingerprint density at radius 2 is 1.41 bits per heavy atom. The molecule has 0 heterocycles. The number of hydrogen-bond donors (Lipinski definition) is 1. The van der Waals surface area contributed by atoms with E-state index in [2.05, 4.69) is 4.74 Å². The zero-order valence-corrected chi connectivity index (χ0v) is 17.5. The van der Waals surface area contributed by atoms with Crippen LogP contribution in [0.1, 0.15) is 26.3 Å². The molecule has 1 N–H and O–H groups in total. The number of likely N-dealkylation sites (N-methyl/N-ethyl adjacent to an activating group) is 1. The predicted molar refractivity (Wildman–Crippen MR) is 101 cm³/mol. The van der Waals surface area contributed by atoms with Crippen LogP contribution in [0.25, 0.3) is 0 Å². The highest BCUT2D eigenvalue weighted by Gasteiger charge is 2.35. The molecule has 0 aliphatic carbocycles. The Labute approximate surface area is 180 Å². The fraction of sp³-hybridized carbons (Fsp3) is 0.333. The van der Waals surface area contributed by atoms with E-state index in [1.54, 1.807) is 20.8 Å². The topological polar surface area (TPSA) is 76.1 Å². The molecule has 0 bridgehead atoms. The van der Waals surface area contributed by atoms with Gasteiger partial charge in [0.2, 0.25) is 34.8 Å². The average Bonchev–Trinajstić information content (AvgIpc) is 2.71. The van der Waals surface area contributed by atoms with E-state index in [9.17, 15) is 36.6 Å². The van der Waals surface area contributed by atoms with Gasteiger partial charge in [0, 0.05) is 13.5 Å². The molecule has 174 valence electrons. The number of phenols is 1. The first kappa shape index (κ1) is 24.9. The zero-order valence-electron chi connectivity index (χ0n) is 17.5. The quantitative estimate of drug-likeness (QED) is 0.234. The van der Waals surface area contributed by atoms with Gasteiger partial charge in [0.15, 0.2) is 0 Å². The number of ether oxygens (including phenoxy) is 2. The van der Waals surface area contributed by atoms with Crippen molar-refractivity contribution in [3.63, 3.8) is 0 Å². The second-order valence-electron chi connectivity index (χ2n) is 7.80. The first-order valence-corrected chi connectivity index (χ1v) is 9.19. The van der Waals surface area contributed by atoms with Gasteiger partial charge >= 0.3 is 12.1 Å². The van der Waals surface area contributed by atoms with Gasteiger partial charge in [-0.2, -0.15) is 8.78 Å². The van der Waals surface area contributed by atoms with Crippen molar-refractivity contribution in [1.29, 1.82) is 0 Å². The van der Waals surface area contributed by atoms with Crippen molar-refractivity contribution in [2.75, 3.05) is 7.05 Å². The monoisotopic (exact) mass is 461 g/mol. The van der Waals surface area contributed by atoms with E-state index in [1.165, 1.54) is 24.3 Å². The van der Waals surface area contributed by atoms with Gasteiger partial charge in [-0.15, -0.1) is 0 Å². The van der Waals surface area contributed by atoms with Crippen molar-refractivity contribution in [2.45, 2.75) is 38.8 Å². The van der Waals surface area contributed by atoms with Crippen LogP contribution in [0.3, 0.4) is 0 Å². The molecule has 1 atom stereocenters. The predicted octanol–water partition coefficient (Wildman–Crippen LogP) is 4.47. The number of phenolic OH excluding ortho intramolecular Hbond substituents is 1. The lowest BCUT2D eigenvalue weighted by Crippen LogP contribution is -2.47. The number of aromatic hydroxyl groups is 1. The minimum atomic E-state index is -2.41. The summed E-state index contributed by atoms with van der Waals surface area (Å²) >= 11 is 0. The Kier molecular flexibility index (Phi) is 7.32. The number of rotatable bonds is 5. The number of nitrogens with zero attached hydrogens (tertiary/aromatic N) is 1. The van der Waals surface area contributed by atoms with Gasteiger partial charge in [-0.25, -0.2) is 22.8 Å². The second-order valence-corrected chi connectivity index (χ2v) is 7.80. The second kappa shape index (κ2) is 9.41. The smallest absolute Gasteiger partial charge is 0.410 e. The van der Waals surface area contributed by atoms with Crippen molar-refractivity contribution in [3.8, 4) is 11.5 Å². The molecule has 0 unspecified atom stereocenters. The molecule has 6 nitrogen and oxygen atoms in total. The van der Waals surface area contributed by atoms with Crippen molar-refractivity contribution < 1.29 is 46.1 Å². The maximum atomic E-state index is 13.9. The number of carbonyl (C=O) groups is 2. The Morgan fingerprint density at radius 1 is 0.938 bits per heavy atom. The van der Waals surface area contributed by atoms with E-state index in [0.29, 0.717) is 5.56 Å². The Morgan fingerprint density at radius 3 is 1.88 bits per heavy atom. The molecule has 32 heavy (non-hydrogen) atoms. The number of esters is 1. The third-order valence-electron chi connectivity index (χ3n) is 4.16. The van der Waals surface area contributed by atoms with Gasteiger partial charge < -0.3 is 14.6 Å². The molecule has 1 amide bonds. The summed E-state index contributed by atoms with van der Waals surface area (Å²) in [6.45, 7) is 4.67. The fourth-order valence-electron chi connectivity index (χ4n) is 2.54. The molecule has 0 fully saturated rings. The zero-order chi connectivity index (χ0) is 24.4. The van der Waals surface area contributed by atoms with E-state index < -0.39 is 58.5 Å². The van der Waals surface area contributed by atoms with Crippen LogP contribution in [0.4, 0.5) is 26.7 Å². The number of carbonyl (C=O) groups excluding carboxylic acids is 2. The van der Waals surface area contributed by atoms with Crippen LogP contribution in [-0.2, 0) is 16.0 Å². The SMILES string of the molecule is CN(C(=O)OC(C)(C)C)[C@H](Cc1ccc(O)cc1)C(=O)Oc1c(F)c(F)c(F)c(F)c1F. The minimum absolute atomic E-state index is 0.0882. The first-order chi connectivity index (χ1) is 14.7. The Balaban J connectivity index is 2.41. The summed E-state index contributed by atoms with van der Waals surface area (Å²) in [6, 6.07) is 3.79. The molecule has 0 saturated carbocycles. The third-order valence-corrected chi connectivity index (χ3v) is 4.16. The summed E-state index contributed by atoms with van der Waals surface area (Å²) in [5.41, 5.74) is -0.572. The largest absolute Gasteiger partial charge is 0.508 e. The van der Waals surface area contributed by atoms with Gasteiger partial charge in [0.25, 0.3) is 0 Å². The lowest BCUT2D eigenvalue weighted by Gasteiger charge is -2.29. The van der Waals surface area contributed by atoms with Crippen LogP contribution in [0.2, 0.25) is 0 Å². The molecule has 0 aromatic heterocycles. The summed E-state index contributed by atoms with van der Waals surface area (Å²) in [5.74, 6) is -15.0. The van der Waals surface area contributed by atoms with Gasteiger partial charge in [-0.05, 0) is 38.5 Å². The standard InChI is InChI=1S/C21H20F5NO5/c1-21(2,3)32-20(30)27(4)12(9-10-5-7-11(28)8-6-10)19(29)31-18-16(25)14(23)13(22)15(24)17(18)26/h5-8,12,28H,9H2,1-4H3/t12-/m1/s1. The van der Waals surface area contributed by atoms with Crippen LogP contribution >= 0.6 is 0 Å². The van der Waals surface area contributed by atoms with Crippen LogP contribution in [0.15, 0.2) is 24.3 Å². The molecular formula is C21H20F5NO5. The Hall–Kier alpha value is -3.37. The normalized spacial score (nSPS) is 12.3. The molecule has 0 spiro atoms. The lowest BCUT2D eigenvalue weighted by atomic mass is 10.0. The maximum Gasteiger partial charge on any atom is 0.410 e. The van der Waals surface area contributed by atoms with E-state index in [0.717, 1.165) is 11.9 Å². The minimum Gasteiger partial charge on any atom is -0.508 e. The van der Waals surface area contributed by atoms with Crippen molar-refractivity contribution in [2.24, 2.45) is 0 Å². The molecule has 0 saturated heterocycles. The van der Waals surface area contributed by atoms with Crippen LogP contribution in [-0.4, -0.2) is 40.8 Å². The summed E-state index contributed by atoms with van der Waals surface area (Å²) in [5, 5.41) is 9.39. The highest BCUT2D eigenvalue weighted by Crippen LogP contribution is 2.30. The number of hydrogen-bond acceptors (Lipinski definition) is 5. The first-order valence-electron chi connectivity index (χ1n) is 9.19. The van der Waals surface area contributed by atoms with Crippen molar-refractivity contribution in [3.05, 3.63) is 58.9 Å². The average molecular weight is 461 g/mol. The van der Waals surface area contributed by atoms with Crippen LogP contribution in [0.5, 0.6) is 11.5 Å². The van der Waals surface area contributed by atoms with E-state index >= 15 is 0 Å². The summed E-state index contributed by atoms with van der Waals surface area (Å²) in [4.78, 5) is 25.9. The molecule has 11 heteroatoms. The highest BCUT2D eigenvalue weighted by molar-refractivity contribution is 5.83. The van der Waals surface area contributed by atoms with Gasteiger partial charge in [-0.1, -0.05) is 12.1 Å². The van der Waals surface area contributed by atoms with E-state index in [-0.39, 0.29) is 12.2 Å². The number of benzene rings is 2. The Bertz CT molecular complexity index is 992. The third kappa shape index (κ3) is 5.65. The lowest BCUT2D eigenvalue weighted by molar-refractivity contribution is -0.140. The number of halogens is 5.